The van der Waals surface area contributed by atoms with Crippen molar-refractivity contribution in [1.82, 2.24) is 5.32 Å². The third-order valence-corrected chi connectivity index (χ3v) is 19.3. The maximum atomic E-state index is 14.8. The molecule has 65 heavy (non-hydrogen) atoms. The van der Waals surface area contributed by atoms with E-state index in [1.165, 1.54) is 19.3 Å². The largest absolute Gasteiger partial charge is 0.481 e. The molecule has 4 bridgehead atoms. The van der Waals surface area contributed by atoms with Crippen LogP contribution in [0.3, 0.4) is 0 Å². The molecule has 8 fully saturated rings. The molecular formula is C53H85NO11. The normalized spacial score (nSPS) is 48.2. The second-order valence-corrected chi connectivity index (χ2v) is 23.6. The van der Waals surface area contributed by atoms with Gasteiger partial charge in [-0.25, -0.2) is 0 Å². The summed E-state index contributed by atoms with van der Waals surface area (Å²) in [6, 6.07) is -0.579. The first-order valence-corrected chi connectivity index (χ1v) is 26.2. The van der Waals surface area contributed by atoms with E-state index in [1.807, 2.05) is 40.7 Å². The number of rotatable bonds is 14. The van der Waals surface area contributed by atoms with Crippen LogP contribution in [0.15, 0.2) is 12.2 Å². The number of carboxylic acids is 1. The molecule has 2 spiro atoms. The Kier molecular flexibility index (Phi) is 14.0. The third-order valence-electron chi connectivity index (χ3n) is 19.3. The van der Waals surface area contributed by atoms with E-state index in [0.29, 0.717) is 69.1 Å². The van der Waals surface area contributed by atoms with Crippen molar-refractivity contribution in [2.75, 3.05) is 0 Å². The van der Waals surface area contributed by atoms with Crippen LogP contribution in [0, 0.1) is 64.6 Å². The Bertz CT molecular complexity index is 1750. The van der Waals surface area contributed by atoms with Gasteiger partial charge in [0.2, 0.25) is 5.91 Å². The number of Topliss-reactive ketones (excluding diaryl/α,β-unsaturated/α-hetero) is 1. The molecule has 9 aliphatic rings. The molecule has 4 aliphatic carbocycles. The van der Waals surface area contributed by atoms with Gasteiger partial charge in [0, 0.05) is 35.5 Å². The molecule has 368 valence electrons. The van der Waals surface area contributed by atoms with Gasteiger partial charge in [-0.15, -0.1) is 0 Å². The maximum Gasteiger partial charge on any atom is 0.309 e. The lowest BCUT2D eigenvalue weighted by Gasteiger charge is -2.57. The molecule has 12 nitrogen and oxygen atoms in total. The molecule has 4 saturated heterocycles. The van der Waals surface area contributed by atoms with Gasteiger partial charge < -0.3 is 44.3 Å². The van der Waals surface area contributed by atoms with Crippen LogP contribution >= 0.6 is 0 Å². The molecule has 4 N–H and O–H groups in total. The van der Waals surface area contributed by atoms with Crippen molar-refractivity contribution >= 4 is 17.7 Å². The Hall–Kier alpha value is -1.93. The minimum atomic E-state index is -1.28. The Morgan fingerprint density at radius 3 is 2.03 bits per heavy atom. The van der Waals surface area contributed by atoms with Crippen LogP contribution in [0.1, 0.15) is 172 Å². The van der Waals surface area contributed by atoms with E-state index in [4.69, 9.17) is 23.7 Å². The number of ether oxygens (including phenoxy) is 5. The molecule has 18 atom stereocenters. The second kappa shape index (κ2) is 18.4. The highest BCUT2D eigenvalue weighted by Gasteiger charge is 2.65. The highest BCUT2D eigenvalue weighted by Crippen LogP contribution is 2.61. The highest BCUT2D eigenvalue weighted by atomic mass is 16.8. The van der Waals surface area contributed by atoms with Gasteiger partial charge in [0.05, 0.1) is 53.7 Å². The van der Waals surface area contributed by atoms with Crippen LogP contribution in [-0.4, -0.2) is 98.4 Å². The molecular weight excluding hydrogens is 827 g/mol. The van der Waals surface area contributed by atoms with Gasteiger partial charge >= 0.3 is 5.97 Å². The molecule has 0 aromatic rings. The predicted molar refractivity (Wildman–Crippen MR) is 245 cm³/mol. The summed E-state index contributed by atoms with van der Waals surface area (Å²) in [5.74, 6) is -3.79. The fraction of sp³-hybridized carbons (Fsp3) is 0.906. The Balaban J connectivity index is 1.04. The lowest BCUT2D eigenvalue weighted by atomic mass is 9.49. The molecule has 9 rings (SSSR count). The molecule has 0 aromatic carbocycles. The van der Waals surface area contributed by atoms with Crippen molar-refractivity contribution in [3.05, 3.63) is 12.2 Å². The lowest BCUT2D eigenvalue weighted by molar-refractivity contribution is -0.398. The molecule has 4 saturated carbocycles. The average Bonchev–Trinajstić information content (AvgIpc) is 3.60. The summed E-state index contributed by atoms with van der Waals surface area (Å²) in [5.41, 5.74) is -2.03. The Morgan fingerprint density at radius 1 is 0.800 bits per heavy atom. The van der Waals surface area contributed by atoms with E-state index in [-0.39, 0.29) is 53.2 Å². The number of aliphatic hydroxyl groups excluding tert-OH is 1. The van der Waals surface area contributed by atoms with Crippen molar-refractivity contribution in [3.63, 3.8) is 0 Å². The summed E-state index contributed by atoms with van der Waals surface area (Å²) in [5, 5.41) is 36.7. The van der Waals surface area contributed by atoms with Gasteiger partial charge in [0.15, 0.2) is 11.6 Å². The van der Waals surface area contributed by atoms with E-state index in [1.54, 1.807) is 6.92 Å². The van der Waals surface area contributed by atoms with Gasteiger partial charge in [0.25, 0.3) is 0 Å². The van der Waals surface area contributed by atoms with Gasteiger partial charge in [-0.05, 0) is 146 Å². The third kappa shape index (κ3) is 8.85. The lowest BCUT2D eigenvalue weighted by Crippen LogP contribution is -2.67. The van der Waals surface area contributed by atoms with Crippen LogP contribution in [-0.2, 0) is 38.1 Å². The Labute approximate surface area is 389 Å². The summed E-state index contributed by atoms with van der Waals surface area (Å²) >= 11 is 0. The van der Waals surface area contributed by atoms with E-state index in [0.717, 1.165) is 32.1 Å². The summed E-state index contributed by atoms with van der Waals surface area (Å²) in [7, 11) is 0. The van der Waals surface area contributed by atoms with Crippen molar-refractivity contribution in [2.24, 2.45) is 64.6 Å². The summed E-state index contributed by atoms with van der Waals surface area (Å²) in [4.78, 5) is 41.7. The molecule has 5 aliphatic heterocycles. The highest BCUT2D eigenvalue weighted by molar-refractivity contribution is 5.84. The first-order chi connectivity index (χ1) is 30.6. The minimum absolute atomic E-state index is 0.00130. The maximum absolute atomic E-state index is 14.8. The molecule has 5 heterocycles. The molecule has 12 heteroatoms. The number of ketones is 1. The first kappa shape index (κ1) is 49.5. The quantitative estimate of drug-likeness (QED) is 0.123. The molecule has 3 unspecified atom stereocenters. The second-order valence-electron chi connectivity index (χ2n) is 23.6. The van der Waals surface area contributed by atoms with Crippen molar-refractivity contribution in [2.45, 2.75) is 237 Å². The number of aliphatic hydroxyl groups is 2. The number of carbonyl (C=O) groups excluding carboxylic acids is 2. The van der Waals surface area contributed by atoms with Gasteiger partial charge in [0.1, 0.15) is 11.8 Å². The fourth-order valence-corrected chi connectivity index (χ4v) is 15.4. The molecule has 0 radical (unpaired) electrons. The number of carboxylic acid groups (broad SMARTS) is 1. The van der Waals surface area contributed by atoms with Gasteiger partial charge in [-0.1, -0.05) is 61.5 Å². The van der Waals surface area contributed by atoms with Crippen molar-refractivity contribution < 1.29 is 53.4 Å². The van der Waals surface area contributed by atoms with Crippen LogP contribution in [0.5, 0.6) is 0 Å². The Morgan fingerprint density at radius 2 is 1.45 bits per heavy atom. The summed E-state index contributed by atoms with van der Waals surface area (Å²) in [6.07, 6.45) is 13.7. The number of hydrogen-bond acceptors (Lipinski definition) is 10. The standard InChI is InChI=1S/C53H85NO11/c1-11-38(47(57)58)40-15-14-29(4)45(62-40)33(8)43(55)32(7)44(56)39(12-2)46-30(5)22-31(6)52(63-46)19-16-41(54-48(59)50-26-35-23-36(27-50)25-37(24-35)28-50)53(65-52)21-20-49(10,64-53)42-17-18-51(60,13-3)34(9)61-42/h16,19,29-43,45-46,55,60H,11-15,17-18,20-28H2,1-10H3,(H,54,59)(H,57,58)/t29-,30-,31+,32-,33-,34-,35?,36?,37?,38?,39?,40+,41?,42+,43+,45+,46-,49-,50?,51+,52-,53-/m0/s1. The smallest absolute Gasteiger partial charge is 0.309 e. The van der Waals surface area contributed by atoms with E-state index in [2.05, 4.69) is 39.1 Å². The zero-order chi connectivity index (χ0) is 47.0. The van der Waals surface area contributed by atoms with E-state index < -0.39 is 76.8 Å². The number of carbonyl (C=O) groups is 3. The summed E-state index contributed by atoms with van der Waals surface area (Å²) < 4.78 is 35.2. The number of aliphatic carboxylic acids is 1. The zero-order valence-corrected chi connectivity index (χ0v) is 41.4. The van der Waals surface area contributed by atoms with Crippen molar-refractivity contribution in [3.8, 4) is 0 Å². The molecule has 0 aromatic heterocycles. The first-order valence-electron chi connectivity index (χ1n) is 26.2. The van der Waals surface area contributed by atoms with Gasteiger partial charge in [-0.2, -0.15) is 0 Å². The predicted octanol–water partition coefficient (Wildman–Crippen LogP) is 8.53. The topological polar surface area (TPSA) is 170 Å². The molecule has 1 amide bonds. The fourth-order valence-electron chi connectivity index (χ4n) is 15.4. The SMILES string of the molecule is CCC(C(=O)[C@@H](C)[C@@H](O)[C@H](C)[C@@H]1O[C@@H](C(CC)C(=O)O)CC[C@@H]1C)[C@H]1O[C@]2(C=CC(NC(=O)C34CC5CC(CC(C5)C3)C4)[C@]3(CC[C@@](C)([C@H]4CC[C@](O)(CC)[C@H](C)O4)O3)O2)[C@H](C)C[C@@H]1C. The van der Waals surface area contributed by atoms with Gasteiger partial charge in [-0.3, -0.25) is 14.4 Å². The van der Waals surface area contributed by atoms with E-state index in [9.17, 15) is 29.7 Å². The van der Waals surface area contributed by atoms with Crippen LogP contribution in [0.25, 0.3) is 0 Å². The average molecular weight is 912 g/mol. The number of hydrogen-bond donors (Lipinski definition) is 4. The van der Waals surface area contributed by atoms with Crippen LogP contribution < -0.4 is 5.32 Å². The summed E-state index contributed by atoms with van der Waals surface area (Å²) in [6.45, 7) is 20.0. The minimum Gasteiger partial charge on any atom is -0.481 e. The number of nitrogens with one attached hydrogen (secondary N) is 1. The number of amides is 1. The van der Waals surface area contributed by atoms with Crippen LogP contribution in [0.4, 0.5) is 0 Å². The monoisotopic (exact) mass is 912 g/mol. The van der Waals surface area contributed by atoms with Crippen molar-refractivity contribution in [1.29, 1.82) is 0 Å². The van der Waals surface area contributed by atoms with Crippen LogP contribution in [0.2, 0.25) is 0 Å². The zero-order valence-electron chi connectivity index (χ0n) is 41.4. The van der Waals surface area contributed by atoms with E-state index >= 15 is 0 Å².